The molecule has 0 bridgehead atoms. The summed E-state index contributed by atoms with van der Waals surface area (Å²) in [5.74, 6) is 0.704. The van der Waals surface area contributed by atoms with Gasteiger partial charge in [-0.1, -0.05) is 24.6 Å². The van der Waals surface area contributed by atoms with Gasteiger partial charge in [-0.2, -0.15) is 0 Å². The quantitative estimate of drug-likeness (QED) is 0.826. The normalized spacial score (nSPS) is 14.5. The van der Waals surface area contributed by atoms with Gasteiger partial charge in [-0.3, -0.25) is 4.21 Å². The molecule has 0 amide bonds. The zero-order valence-electron chi connectivity index (χ0n) is 10.4. The Labute approximate surface area is 111 Å². The molecule has 1 N–H and O–H groups in total. The number of halogens is 1. The minimum Gasteiger partial charge on any atom is -0.315 e. The molecule has 1 aromatic carbocycles. The molecule has 0 aliphatic carbocycles. The van der Waals surface area contributed by atoms with Crippen LogP contribution < -0.4 is 5.32 Å². The molecule has 0 aromatic heterocycles. The maximum Gasteiger partial charge on any atom is 0.0530 e. The van der Waals surface area contributed by atoms with Gasteiger partial charge in [-0.15, -0.1) is 0 Å². The third kappa shape index (κ3) is 5.66. The van der Waals surface area contributed by atoms with Gasteiger partial charge in [0.2, 0.25) is 0 Å². The smallest absolute Gasteiger partial charge is 0.0530 e. The summed E-state index contributed by atoms with van der Waals surface area (Å²) >= 11 is 5.87. The van der Waals surface area contributed by atoms with Crippen molar-refractivity contribution in [3.8, 4) is 0 Å². The Balaban J connectivity index is 2.35. The Hall–Kier alpha value is -0.380. The summed E-state index contributed by atoms with van der Waals surface area (Å²) in [6.07, 6.45) is 2.02. The van der Waals surface area contributed by atoms with Crippen LogP contribution in [0.3, 0.4) is 0 Å². The lowest BCUT2D eigenvalue weighted by Crippen LogP contribution is -2.25. The predicted octanol–water partition coefficient (Wildman–Crippen LogP) is 3.23. The van der Waals surface area contributed by atoms with Crippen molar-refractivity contribution >= 4 is 22.4 Å². The van der Waals surface area contributed by atoms with Crippen LogP contribution in [0.5, 0.6) is 0 Å². The molecular weight excluding hydrogens is 254 g/mol. The molecule has 0 saturated heterocycles. The van der Waals surface area contributed by atoms with Crippen molar-refractivity contribution in [1.29, 1.82) is 0 Å². The second-order valence-corrected chi connectivity index (χ2v) is 6.12. The van der Waals surface area contributed by atoms with Gasteiger partial charge in [-0.25, -0.2) is 0 Å². The van der Waals surface area contributed by atoms with E-state index < -0.39 is 10.8 Å². The molecule has 0 spiro atoms. The minimum atomic E-state index is -0.926. The van der Waals surface area contributed by atoms with E-state index in [1.165, 1.54) is 0 Å². The van der Waals surface area contributed by atoms with Crippen LogP contribution in [0.4, 0.5) is 0 Å². The molecule has 1 aromatic rings. The number of benzene rings is 1. The molecule has 0 saturated carbocycles. The largest absolute Gasteiger partial charge is 0.315 e. The van der Waals surface area contributed by atoms with E-state index in [0.717, 1.165) is 24.3 Å². The van der Waals surface area contributed by atoms with Crippen LogP contribution in [-0.2, 0) is 10.8 Å². The first-order valence-electron chi connectivity index (χ1n) is 6.00. The molecule has 1 rings (SSSR count). The number of rotatable bonds is 7. The second-order valence-electron chi connectivity index (χ2n) is 4.11. The standard InChI is InChI=1S/C13H20ClNOS/c1-3-15-11(2)6-5-9-17(16)13-8-4-7-12(14)10-13/h4,7-8,10-11,15H,3,5-6,9H2,1-2H3. The summed E-state index contributed by atoms with van der Waals surface area (Å²) in [4.78, 5) is 0.827. The van der Waals surface area contributed by atoms with E-state index in [-0.39, 0.29) is 0 Å². The molecule has 2 atom stereocenters. The fourth-order valence-corrected chi connectivity index (χ4v) is 3.11. The Morgan fingerprint density at radius 3 is 2.88 bits per heavy atom. The molecule has 4 heteroatoms. The van der Waals surface area contributed by atoms with Crippen LogP contribution in [-0.4, -0.2) is 22.5 Å². The first kappa shape index (κ1) is 14.7. The van der Waals surface area contributed by atoms with E-state index in [1.54, 1.807) is 12.1 Å². The van der Waals surface area contributed by atoms with Gasteiger partial charge < -0.3 is 5.32 Å². The lowest BCUT2D eigenvalue weighted by atomic mass is 10.2. The summed E-state index contributed by atoms with van der Waals surface area (Å²) < 4.78 is 12.0. The minimum absolute atomic E-state index is 0.497. The molecule has 2 unspecified atom stereocenters. The average molecular weight is 274 g/mol. The van der Waals surface area contributed by atoms with Gasteiger partial charge in [0.25, 0.3) is 0 Å². The third-order valence-electron chi connectivity index (χ3n) is 2.58. The van der Waals surface area contributed by atoms with E-state index in [0.29, 0.717) is 16.8 Å². The van der Waals surface area contributed by atoms with Crippen molar-refractivity contribution in [3.63, 3.8) is 0 Å². The molecule has 0 fully saturated rings. The molecule has 0 radical (unpaired) electrons. The highest BCUT2D eigenvalue weighted by Gasteiger charge is 2.06. The van der Waals surface area contributed by atoms with Crippen molar-refractivity contribution < 1.29 is 4.21 Å². The maximum atomic E-state index is 12.0. The monoisotopic (exact) mass is 273 g/mol. The van der Waals surface area contributed by atoms with Crippen molar-refractivity contribution in [2.45, 2.75) is 37.6 Å². The number of hydrogen-bond donors (Lipinski definition) is 1. The summed E-state index contributed by atoms with van der Waals surface area (Å²) in [5, 5.41) is 4.00. The van der Waals surface area contributed by atoms with Gasteiger partial charge >= 0.3 is 0 Å². The Kier molecular flexibility index (Phi) is 6.78. The maximum absolute atomic E-state index is 12.0. The van der Waals surface area contributed by atoms with E-state index in [4.69, 9.17) is 11.6 Å². The van der Waals surface area contributed by atoms with Crippen molar-refractivity contribution in [1.82, 2.24) is 5.32 Å². The van der Waals surface area contributed by atoms with Crippen molar-refractivity contribution in [2.75, 3.05) is 12.3 Å². The Bertz CT molecular complexity index is 370. The van der Waals surface area contributed by atoms with Gasteiger partial charge in [0, 0.05) is 21.7 Å². The molecule has 0 heterocycles. The zero-order valence-corrected chi connectivity index (χ0v) is 12.0. The van der Waals surface area contributed by atoms with E-state index in [9.17, 15) is 4.21 Å². The third-order valence-corrected chi connectivity index (χ3v) is 4.25. The highest BCUT2D eigenvalue weighted by molar-refractivity contribution is 7.85. The number of hydrogen-bond acceptors (Lipinski definition) is 2. The summed E-state index contributed by atoms with van der Waals surface area (Å²) in [5.41, 5.74) is 0. The molecule has 2 nitrogen and oxygen atoms in total. The van der Waals surface area contributed by atoms with Crippen LogP contribution in [0, 0.1) is 0 Å². The van der Waals surface area contributed by atoms with Crippen molar-refractivity contribution in [3.05, 3.63) is 29.3 Å². The molecule has 0 aliphatic rings. The zero-order chi connectivity index (χ0) is 12.7. The summed E-state index contributed by atoms with van der Waals surface area (Å²) in [6, 6.07) is 7.80. The van der Waals surface area contributed by atoms with Crippen molar-refractivity contribution in [2.24, 2.45) is 0 Å². The fraction of sp³-hybridized carbons (Fsp3) is 0.538. The van der Waals surface area contributed by atoms with Gasteiger partial charge in [0.05, 0.1) is 10.8 Å². The predicted molar refractivity (Wildman–Crippen MR) is 75.1 cm³/mol. The van der Waals surface area contributed by atoms with Crippen LogP contribution in [0.25, 0.3) is 0 Å². The van der Waals surface area contributed by atoms with Gasteiger partial charge in [-0.05, 0) is 44.5 Å². The van der Waals surface area contributed by atoms with Crippen LogP contribution in [0.15, 0.2) is 29.2 Å². The van der Waals surface area contributed by atoms with E-state index in [1.807, 2.05) is 12.1 Å². The molecule has 96 valence electrons. The van der Waals surface area contributed by atoms with Crippen LogP contribution in [0.2, 0.25) is 5.02 Å². The van der Waals surface area contributed by atoms with Gasteiger partial charge in [0.1, 0.15) is 0 Å². The van der Waals surface area contributed by atoms with Gasteiger partial charge in [0.15, 0.2) is 0 Å². The lowest BCUT2D eigenvalue weighted by Gasteiger charge is -2.11. The SMILES string of the molecule is CCNC(C)CCCS(=O)c1cccc(Cl)c1. The summed E-state index contributed by atoms with van der Waals surface area (Å²) in [6.45, 7) is 5.24. The van der Waals surface area contributed by atoms with E-state index >= 15 is 0 Å². The summed E-state index contributed by atoms with van der Waals surface area (Å²) in [7, 11) is -0.926. The highest BCUT2D eigenvalue weighted by atomic mass is 35.5. The molecule has 0 aliphatic heterocycles. The molecule has 17 heavy (non-hydrogen) atoms. The van der Waals surface area contributed by atoms with Crippen LogP contribution in [0.1, 0.15) is 26.7 Å². The Morgan fingerprint density at radius 1 is 1.47 bits per heavy atom. The highest BCUT2D eigenvalue weighted by Crippen LogP contribution is 2.15. The fourth-order valence-electron chi connectivity index (χ4n) is 1.70. The number of nitrogens with one attached hydrogen (secondary N) is 1. The average Bonchev–Trinajstić information content (AvgIpc) is 2.29. The van der Waals surface area contributed by atoms with Crippen LogP contribution >= 0.6 is 11.6 Å². The topological polar surface area (TPSA) is 29.1 Å². The first-order chi connectivity index (χ1) is 8.13. The molecular formula is C13H20ClNOS. The van der Waals surface area contributed by atoms with E-state index in [2.05, 4.69) is 19.2 Å². The second kappa shape index (κ2) is 7.85. The lowest BCUT2D eigenvalue weighted by molar-refractivity contribution is 0.525. The first-order valence-corrected chi connectivity index (χ1v) is 7.70. The Morgan fingerprint density at radius 2 is 2.24 bits per heavy atom.